The highest BCUT2D eigenvalue weighted by Crippen LogP contribution is 2.26. The SMILES string of the molecule is O=C(c1cc(F)c(F)cc1F)N(CCN1CCCC1)C1CCN(Cc2ccccc2OC(F)F)CC1. The number of rotatable bonds is 9. The van der Waals surface area contributed by atoms with Crippen molar-refractivity contribution in [3.63, 3.8) is 0 Å². The Morgan fingerprint density at radius 2 is 1.61 bits per heavy atom. The number of para-hydroxylation sites is 1. The number of amides is 1. The van der Waals surface area contributed by atoms with Gasteiger partial charge in [0.15, 0.2) is 11.6 Å². The second-order valence-corrected chi connectivity index (χ2v) is 9.29. The van der Waals surface area contributed by atoms with Gasteiger partial charge in [-0.15, -0.1) is 0 Å². The van der Waals surface area contributed by atoms with Crippen LogP contribution in [0.2, 0.25) is 0 Å². The van der Waals surface area contributed by atoms with E-state index in [2.05, 4.69) is 14.5 Å². The third-order valence-electron chi connectivity index (χ3n) is 6.94. The molecule has 1 amide bonds. The molecule has 0 bridgehead atoms. The maximum absolute atomic E-state index is 14.4. The Hall–Kier alpha value is -2.72. The van der Waals surface area contributed by atoms with Crippen LogP contribution in [0.4, 0.5) is 22.0 Å². The van der Waals surface area contributed by atoms with Crippen LogP contribution in [0.15, 0.2) is 36.4 Å². The third-order valence-corrected chi connectivity index (χ3v) is 6.94. The van der Waals surface area contributed by atoms with Gasteiger partial charge in [-0.1, -0.05) is 18.2 Å². The summed E-state index contributed by atoms with van der Waals surface area (Å²) in [4.78, 5) is 19.2. The van der Waals surface area contributed by atoms with E-state index in [0.717, 1.165) is 25.9 Å². The van der Waals surface area contributed by atoms with Crippen LogP contribution in [0.5, 0.6) is 5.75 Å². The van der Waals surface area contributed by atoms with Crippen molar-refractivity contribution in [2.24, 2.45) is 0 Å². The van der Waals surface area contributed by atoms with Crippen molar-refractivity contribution in [1.82, 2.24) is 14.7 Å². The zero-order valence-electron chi connectivity index (χ0n) is 19.9. The topological polar surface area (TPSA) is 36.0 Å². The fraction of sp³-hybridized carbons (Fsp3) is 0.500. The highest BCUT2D eigenvalue weighted by atomic mass is 19.3. The molecule has 5 nitrogen and oxygen atoms in total. The molecule has 2 saturated heterocycles. The molecule has 0 spiro atoms. The van der Waals surface area contributed by atoms with Crippen molar-refractivity contribution < 1.29 is 31.5 Å². The van der Waals surface area contributed by atoms with Gasteiger partial charge in [0, 0.05) is 50.4 Å². The summed E-state index contributed by atoms with van der Waals surface area (Å²) in [6, 6.07) is 7.46. The van der Waals surface area contributed by atoms with Gasteiger partial charge >= 0.3 is 6.61 Å². The lowest BCUT2D eigenvalue weighted by atomic mass is 10.0. The maximum atomic E-state index is 14.4. The summed E-state index contributed by atoms with van der Waals surface area (Å²) in [5.74, 6) is -4.21. The zero-order chi connectivity index (χ0) is 25.7. The first kappa shape index (κ1) is 26.3. The monoisotopic (exact) mass is 511 g/mol. The average molecular weight is 512 g/mol. The van der Waals surface area contributed by atoms with Gasteiger partial charge in [-0.05, 0) is 50.9 Å². The number of ether oxygens (including phenoxy) is 1. The van der Waals surface area contributed by atoms with E-state index in [1.807, 2.05) is 0 Å². The number of carbonyl (C=O) groups excluding carboxylic acids is 1. The number of carbonyl (C=O) groups is 1. The number of nitrogens with zero attached hydrogens (tertiary/aromatic N) is 3. The lowest BCUT2D eigenvalue weighted by molar-refractivity contribution is -0.0508. The molecule has 0 atom stereocenters. The minimum absolute atomic E-state index is 0.130. The van der Waals surface area contributed by atoms with Crippen molar-refractivity contribution in [3.8, 4) is 5.75 Å². The maximum Gasteiger partial charge on any atom is 0.387 e. The molecule has 0 saturated carbocycles. The number of hydrogen-bond donors (Lipinski definition) is 0. The molecule has 2 aliphatic rings. The summed E-state index contributed by atoms with van der Waals surface area (Å²) in [5, 5.41) is 0. The second kappa shape index (κ2) is 12.0. The van der Waals surface area contributed by atoms with Crippen LogP contribution in [0.25, 0.3) is 0 Å². The van der Waals surface area contributed by atoms with Crippen molar-refractivity contribution in [1.29, 1.82) is 0 Å². The first-order valence-electron chi connectivity index (χ1n) is 12.2. The summed E-state index contributed by atoms with van der Waals surface area (Å²) >= 11 is 0. The number of benzene rings is 2. The molecule has 0 aliphatic carbocycles. The van der Waals surface area contributed by atoms with Gasteiger partial charge < -0.3 is 14.5 Å². The van der Waals surface area contributed by atoms with E-state index >= 15 is 0 Å². The third kappa shape index (κ3) is 6.53. The molecule has 2 aromatic rings. The molecule has 2 heterocycles. The number of likely N-dealkylation sites (tertiary alicyclic amines) is 2. The normalized spacial score (nSPS) is 17.6. The molecule has 2 aromatic carbocycles. The molecule has 10 heteroatoms. The quantitative estimate of drug-likeness (QED) is 0.354. The lowest BCUT2D eigenvalue weighted by Gasteiger charge is -2.39. The minimum Gasteiger partial charge on any atom is -0.434 e. The number of alkyl halides is 2. The van der Waals surface area contributed by atoms with Gasteiger partial charge in [0.1, 0.15) is 11.6 Å². The fourth-order valence-corrected chi connectivity index (χ4v) is 5.02. The van der Waals surface area contributed by atoms with E-state index < -0.39 is 35.5 Å². The van der Waals surface area contributed by atoms with Crippen molar-refractivity contribution in [3.05, 3.63) is 65.0 Å². The molecular weight excluding hydrogens is 481 g/mol. The molecule has 36 heavy (non-hydrogen) atoms. The lowest BCUT2D eigenvalue weighted by Crippen LogP contribution is -2.49. The van der Waals surface area contributed by atoms with Crippen molar-refractivity contribution >= 4 is 5.91 Å². The molecule has 0 radical (unpaired) electrons. The summed E-state index contributed by atoms with van der Waals surface area (Å²) in [5.41, 5.74) is 0.165. The predicted octanol–water partition coefficient (Wildman–Crippen LogP) is 4.91. The number of halogens is 5. The Kier molecular flexibility index (Phi) is 8.79. The Balaban J connectivity index is 1.45. The standard InChI is InChI=1S/C26H30F5N3O2/c27-21-16-23(29)22(28)15-20(21)25(35)34(14-13-32-9-3-4-10-32)19-7-11-33(12-8-19)17-18-5-1-2-6-24(18)36-26(30)31/h1-2,5-6,15-16,19,26H,3-4,7-14,17H2. The van der Waals surface area contributed by atoms with E-state index in [1.54, 1.807) is 23.1 Å². The zero-order valence-corrected chi connectivity index (χ0v) is 19.9. The van der Waals surface area contributed by atoms with Gasteiger partial charge in [0.05, 0.1) is 5.56 Å². The molecule has 2 fully saturated rings. The predicted molar refractivity (Wildman–Crippen MR) is 124 cm³/mol. The summed E-state index contributed by atoms with van der Waals surface area (Å²) < 4.78 is 71.9. The van der Waals surface area contributed by atoms with Crippen LogP contribution < -0.4 is 4.74 Å². The first-order chi connectivity index (χ1) is 17.3. The smallest absolute Gasteiger partial charge is 0.387 e. The highest BCUT2D eigenvalue weighted by Gasteiger charge is 2.31. The summed E-state index contributed by atoms with van der Waals surface area (Å²) in [6.45, 7) is 1.50. The van der Waals surface area contributed by atoms with E-state index in [4.69, 9.17) is 0 Å². The number of hydrogen-bond acceptors (Lipinski definition) is 4. The van der Waals surface area contributed by atoms with E-state index in [1.165, 1.54) is 6.07 Å². The van der Waals surface area contributed by atoms with Crippen LogP contribution in [0.1, 0.15) is 41.6 Å². The van der Waals surface area contributed by atoms with Crippen LogP contribution >= 0.6 is 0 Å². The van der Waals surface area contributed by atoms with E-state index in [-0.39, 0.29) is 11.8 Å². The second-order valence-electron chi connectivity index (χ2n) is 9.29. The van der Waals surface area contributed by atoms with Gasteiger partial charge in [-0.2, -0.15) is 8.78 Å². The average Bonchev–Trinajstić information content (AvgIpc) is 3.37. The Labute approximate surface area is 207 Å². The van der Waals surface area contributed by atoms with Crippen LogP contribution in [-0.4, -0.2) is 72.5 Å². The van der Waals surface area contributed by atoms with Crippen LogP contribution in [0.3, 0.4) is 0 Å². The Morgan fingerprint density at radius 1 is 0.944 bits per heavy atom. The van der Waals surface area contributed by atoms with Gasteiger partial charge in [0.25, 0.3) is 5.91 Å². The number of piperidine rings is 1. The van der Waals surface area contributed by atoms with Crippen LogP contribution in [0, 0.1) is 17.5 Å². The molecule has 0 N–H and O–H groups in total. The van der Waals surface area contributed by atoms with Gasteiger partial charge in [-0.25, -0.2) is 13.2 Å². The largest absolute Gasteiger partial charge is 0.434 e. The fourth-order valence-electron chi connectivity index (χ4n) is 5.02. The highest BCUT2D eigenvalue weighted by molar-refractivity contribution is 5.94. The minimum atomic E-state index is -2.91. The molecule has 4 rings (SSSR count). The molecule has 2 aliphatic heterocycles. The van der Waals surface area contributed by atoms with E-state index in [9.17, 15) is 26.7 Å². The Morgan fingerprint density at radius 3 is 2.31 bits per heavy atom. The Bertz CT molecular complexity index is 1040. The summed E-state index contributed by atoms with van der Waals surface area (Å²) in [6.07, 6.45) is 3.32. The summed E-state index contributed by atoms with van der Waals surface area (Å²) in [7, 11) is 0. The van der Waals surface area contributed by atoms with Crippen LogP contribution in [-0.2, 0) is 6.54 Å². The van der Waals surface area contributed by atoms with Crippen molar-refractivity contribution in [2.75, 3.05) is 39.3 Å². The first-order valence-corrected chi connectivity index (χ1v) is 12.2. The molecule has 196 valence electrons. The van der Waals surface area contributed by atoms with E-state index in [0.29, 0.717) is 63.3 Å². The molecular formula is C26H30F5N3O2. The van der Waals surface area contributed by atoms with Gasteiger partial charge in [0.2, 0.25) is 0 Å². The van der Waals surface area contributed by atoms with Gasteiger partial charge in [-0.3, -0.25) is 9.69 Å². The molecule has 0 aromatic heterocycles. The molecule has 0 unspecified atom stereocenters. The van der Waals surface area contributed by atoms with Crippen molar-refractivity contribution in [2.45, 2.75) is 44.9 Å².